The minimum atomic E-state index is 0.143. The third kappa shape index (κ3) is 3.37. The van der Waals surface area contributed by atoms with Gasteiger partial charge in [0.2, 0.25) is 5.91 Å². The van der Waals surface area contributed by atoms with Crippen molar-refractivity contribution in [3.63, 3.8) is 0 Å². The van der Waals surface area contributed by atoms with Crippen LogP contribution in [-0.4, -0.2) is 37.0 Å². The maximum atomic E-state index is 11.9. The first-order valence-electron chi connectivity index (χ1n) is 6.82. The highest BCUT2D eigenvalue weighted by atomic mass is 16.2. The molecule has 1 aromatic carbocycles. The van der Waals surface area contributed by atoms with Gasteiger partial charge in [-0.2, -0.15) is 0 Å². The molecule has 1 fully saturated rings. The van der Waals surface area contributed by atoms with Crippen LogP contribution in [0.3, 0.4) is 0 Å². The van der Waals surface area contributed by atoms with Gasteiger partial charge in [0.25, 0.3) is 0 Å². The third-order valence-electron chi connectivity index (χ3n) is 3.46. The molecule has 1 amide bonds. The van der Waals surface area contributed by atoms with Crippen LogP contribution < -0.4 is 4.90 Å². The maximum absolute atomic E-state index is 11.9. The van der Waals surface area contributed by atoms with E-state index in [0.717, 1.165) is 31.8 Å². The molecule has 1 aromatic rings. The molecule has 1 saturated heterocycles. The Hall–Kier alpha value is -1.77. The van der Waals surface area contributed by atoms with Crippen molar-refractivity contribution < 1.29 is 4.79 Å². The fourth-order valence-corrected chi connectivity index (χ4v) is 2.42. The van der Waals surface area contributed by atoms with Gasteiger partial charge in [-0.25, -0.2) is 0 Å². The SMILES string of the molecule is CC(C)=CC(=O)N1CCN(c2ccccc2C)CC1. The van der Waals surface area contributed by atoms with E-state index in [1.54, 1.807) is 6.08 Å². The molecule has 0 N–H and O–H groups in total. The van der Waals surface area contributed by atoms with Gasteiger partial charge in [0.1, 0.15) is 0 Å². The summed E-state index contributed by atoms with van der Waals surface area (Å²) in [5.41, 5.74) is 3.65. The Morgan fingerprint density at radius 3 is 2.32 bits per heavy atom. The smallest absolute Gasteiger partial charge is 0.246 e. The highest BCUT2D eigenvalue weighted by Crippen LogP contribution is 2.20. The lowest BCUT2D eigenvalue weighted by molar-refractivity contribution is -0.126. The fraction of sp³-hybridized carbons (Fsp3) is 0.438. The first kappa shape index (κ1) is 13.7. The summed E-state index contributed by atoms with van der Waals surface area (Å²) in [6.07, 6.45) is 1.73. The molecule has 0 aromatic heterocycles. The monoisotopic (exact) mass is 258 g/mol. The number of carbonyl (C=O) groups is 1. The van der Waals surface area contributed by atoms with Crippen LogP contribution in [-0.2, 0) is 4.79 Å². The Kier molecular flexibility index (Phi) is 4.25. The molecular weight excluding hydrogens is 236 g/mol. The molecule has 0 saturated carbocycles. The highest BCUT2D eigenvalue weighted by Gasteiger charge is 2.20. The van der Waals surface area contributed by atoms with Crippen LogP contribution >= 0.6 is 0 Å². The van der Waals surface area contributed by atoms with Crippen molar-refractivity contribution in [1.29, 1.82) is 0 Å². The lowest BCUT2D eigenvalue weighted by atomic mass is 10.1. The number of aryl methyl sites for hydroxylation is 1. The van der Waals surface area contributed by atoms with Gasteiger partial charge in [-0.1, -0.05) is 23.8 Å². The van der Waals surface area contributed by atoms with Gasteiger partial charge in [0.05, 0.1) is 0 Å². The Bertz CT molecular complexity index is 481. The largest absolute Gasteiger partial charge is 0.368 e. The summed E-state index contributed by atoms with van der Waals surface area (Å²) >= 11 is 0. The molecule has 0 radical (unpaired) electrons. The Morgan fingerprint density at radius 1 is 1.11 bits per heavy atom. The van der Waals surface area contributed by atoms with Crippen molar-refractivity contribution in [3.05, 3.63) is 41.5 Å². The first-order valence-corrected chi connectivity index (χ1v) is 6.82. The van der Waals surface area contributed by atoms with Gasteiger partial charge in [-0.05, 0) is 32.4 Å². The van der Waals surface area contributed by atoms with Crippen molar-refractivity contribution >= 4 is 11.6 Å². The summed E-state index contributed by atoms with van der Waals surface area (Å²) < 4.78 is 0. The highest BCUT2D eigenvalue weighted by molar-refractivity contribution is 5.88. The number of piperazine rings is 1. The molecule has 2 rings (SSSR count). The van der Waals surface area contributed by atoms with E-state index in [4.69, 9.17) is 0 Å². The second-order valence-electron chi connectivity index (χ2n) is 5.32. The number of anilines is 1. The molecule has 1 heterocycles. The van der Waals surface area contributed by atoms with E-state index in [-0.39, 0.29) is 5.91 Å². The third-order valence-corrected chi connectivity index (χ3v) is 3.46. The molecule has 1 aliphatic heterocycles. The molecule has 0 atom stereocenters. The fourth-order valence-electron chi connectivity index (χ4n) is 2.42. The van der Waals surface area contributed by atoms with Crippen LogP contribution in [0, 0.1) is 6.92 Å². The normalized spacial score (nSPS) is 15.3. The van der Waals surface area contributed by atoms with Crippen LogP contribution in [0.25, 0.3) is 0 Å². The van der Waals surface area contributed by atoms with Crippen LogP contribution in [0.2, 0.25) is 0 Å². The summed E-state index contributed by atoms with van der Waals surface area (Å²) in [6.45, 7) is 9.48. The van der Waals surface area contributed by atoms with Gasteiger partial charge >= 0.3 is 0 Å². The molecule has 0 spiro atoms. The molecule has 0 bridgehead atoms. The van der Waals surface area contributed by atoms with E-state index in [1.165, 1.54) is 11.3 Å². The number of nitrogens with zero attached hydrogens (tertiary/aromatic N) is 2. The predicted octanol–water partition coefficient (Wildman–Crippen LogP) is 2.61. The van der Waals surface area contributed by atoms with Crippen LogP contribution in [0.1, 0.15) is 19.4 Å². The molecule has 3 heteroatoms. The molecule has 3 nitrogen and oxygen atoms in total. The van der Waals surface area contributed by atoms with Crippen molar-refractivity contribution in [2.24, 2.45) is 0 Å². The molecule has 19 heavy (non-hydrogen) atoms. The predicted molar refractivity (Wildman–Crippen MR) is 79.4 cm³/mol. The zero-order valence-corrected chi connectivity index (χ0v) is 12.0. The van der Waals surface area contributed by atoms with Gasteiger partial charge in [-0.15, -0.1) is 0 Å². The van der Waals surface area contributed by atoms with E-state index < -0.39 is 0 Å². The van der Waals surface area contributed by atoms with E-state index in [1.807, 2.05) is 18.7 Å². The Labute approximate surface area is 115 Å². The average Bonchev–Trinajstić information content (AvgIpc) is 2.39. The number of amides is 1. The standard InChI is InChI=1S/C16H22N2O/c1-13(2)12-16(19)18-10-8-17(9-11-18)15-7-5-4-6-14(15)3/h4-7,12H,8-11H2,1-3H3. The second kappa shape index (κ2) is 5.91. The van der Waals surface area contributed by atoms with Crippen LogP contribution in [0.4, 0.5) is 5.69 Å². The molecule has 0 aliphatic carbocycles. The number of hydrogen-bond donors (Lipinski definition) is 0. The first-order chi connectivity index (χ1) is 9.08. The Morgan fingerprint density at radius 2 is 1.74 bits per heavy atom. The van der Waals surface area contributed by atoms with Gasteiger partial charge in [0.15, 0.2) is 0 Å². The van der Waals surface area contributed by atoms with Crippen molar-refractivity contribution in [1.82, 2.24) is 4.90 Å². The van der Waals surface area contributed by atoms with Crippen LogP contribution in [0.15, 0.2) is 35.9 Å². The minimum absolute atomic E-state index is 0.143. The van der Waals surface area contributed by atoms with E-state index in [0.29, 0.717) is 0 Å². The number of hydrogen-bond acceptors (Lipinski definition) is 2. The zero-order valence-electron chi connectivity index (χ0n) is 12.0. The van der Waals surface area contributed by atoms with Gasteiger partial charge in [0, 0.05) is 37.9 Å². The minimum Gasteiger partial charge on any atom is -0.368 e. The number of para-hydroxylation sites is 1. The quantitative estimate of drug-likeness (QED) is 0.761. The molecule has 1 aliphatic rings. The zero-order chi connectivity index (χ0) is 13.8. The van der Waals surface area contributed by atoms with Crippen molar-refractivity contribution in [2.75, 3.05) is 31.1 Å². The van der Waals surface area contributed by atoms with Gasteiger partial charge < -0.3 is 9.80 Å². The Balaban J connectivity index is 1.98. The lowest BCUT2D eigenvalue weighted by Gasteiger charge is -2.36. The summed E-state index contributed by atoms with van der Waals surface area (Å²) in [7, 11) is 0. The van der Waals surface area contributed by atoms with E-state index in [2.05, 4.69) is 36.1 Å². The number of rotatable bonds is 2. The van der Waals surface area contributed by atoms with Gasteiger partial charge in [-0.3, -0.25) is 4.79 Å². The summed E-state index contributed by atoms with van der Waals surface area (Å²) in [6, 6.07) is 8.43. The summed E-state index contributed by atoms with van der Waals surface area (Å²) in [5, 5.41) is 0. The number of allylic oxidation sites excluding steroid dienone is 1. The molecular formula is C16H22N2O. The second-order valence-corrected chi connectivity index (χ2v) is 5.32. The van der Waals surface area contributed by atoms with Crippen LogP contribution in [0.5, 0.6) is 0 Å². The van der Waals surface area contributed by atoms with Crippen molar-refractivity contribution in [2.45, 2.75) is 20.8 Å². The lowest BCUT2D eigenvalue weighted by Crippen LogP contribution is -2.48. The van der Waals surface area contributed by atoms with E-state index in [9.17, 15) is 4.79 Å². The summed E-state index contributed by atoms with van der Waals surface area (Å²) in [5.74, 6) is 0.143. The number of carbonyl (C=O) groups excluding carboxylic acids is 1. The average molecular weight is 258 g/mol. The number of benzene rings is 1. The molecule has 0 unspecified atom stereocenters. The maximum Gasteiger partial charge on any atom is 0.246 e. The molecule has 102 valence electrons. The van der Waals surface area contributed by atoms with E-state index >= 15 is 0 Å². The summed E-state index contributed by atoms with van der Waals surface area (Å²) in [4.78, 5) is 16.2. The van der Waals surface area contributed by atoms with Crippen molar-refractivity contribution in [3.8, 4) is 0 Å². The topological polar surface area (TPSA) is 23.6 Å².